The molecule has 0 fully saturated rings. The van der Waals surface area contributed by atoms with E-state index in [0.717, 1.165) is 29.5 Å². The highest BCUT2D eigenvalue weighted by Crippen LogP contribution is 2.16. The molecule has 0 aliphatic carbocycles. The average molecular weight is 356 g/mol. The Morgan fingerprint density at radius 1 is 0.593 bits per heavy atom. The number of carbonyl (C=O) groups excluding carboxylic acids is 2. The van der Waals surface area contributed by atoms with Crippen molar-refractivity contribution in [2.75, 3.05) is 0 Å². The van der Waals surface area contributed by atoms with Crippen LogP contribution in [0.15, 0.2) is 84.9 Å². The van der Waals surface area contributed by atoms with Crippen molar-refractivity contribution in [3.63, 3.8) is 0 Å². The number of Topliss-reactive ketones (excluding diaryl/α,β-unsaturated/α-hetero) is 2. The molecule has 0 aliphatic rings. The first-order chi connectivity index (χ1) is 13.2. The normalized spacial score (nSPS) is 10.5. The molecule has 0 radical (unpaired) electrons. The van der Waals surface area contributed by atoms with Crippen LogP contribution in [0.1, 0.15) is 39.9 Å². The summed E-state index contributed by atoms with van der Waals surface area (Å²) in [5.74, 6) is 0.271. The van der Waals surface area contributed by atoms with E-state index in [4.69, 9.17) is 0 Å². The Bertz CT molecular complexity index is 882. The maximum absolute atomic E-state index is 12.7. The van der Waals surface area contributed by atoms with E-state index in [0.29, 0.717) is 24.8 Å². The predicted molar refractivity (Wildman–Crippen MR) is 109 cm³/mol. The SMILES string of the molecule is O=C(CCc1ccccc1)Cc1ccccc1C(=O)CCc1ccccc1. The van der Waals surface area contributed by atoms with Crippen LogP contribution in [0.2, 0.25) is 0 Å². The van der Waals surface area contributed by atoms with Crippen molar-refractivity contribution < 1.29 is 9.59 Å². The zero-order chi connectivity index (χ0) is 18.9. The molecular weight excluding hydrogens is 332 g/mol. The molecule has 136 valence electrons. The summed E-state index contributed by atoms with van der Waals surface area (Å²) in [6.45, 7) is 0. The van der Waals surface area contributed by atoms with Crippen LogP contribution >= 0.6 is 0 Å². The molecule has 0 heterocycles. The van der Waals surface area contributed by atoms with Gasteiger partial charge < -0.3 is 0 Å². The van der Waals surface area contributed by atoms with Crippen LogP contribution in [-0.2, 0) is 24.1 Å². The van der Waals surface area contributed by atoms with Gasteiger partial charge in [0.05, 0.1) is 0 Å². The monoisotopic (exact) mass is 356 g/mol. The van der Waals surface area contributed by atoms with Gasteiger partial charge in [0.1, 0.15) is 5.78 Å². The van der Waals surface area contributed by atoms with Gasteiger partial charge in [-0.1, -0.05) is 84.9 Å². The lowest BCUT2D eigenvalue weighted by atomic mass is 9.94. The fourth-order valence-corrected chi connectivity index (χ4v) is 3.21. The van der Waals surface area contributed by atoms with E-state index >= 15 is 0 Å². The first-order valence-electron chi connectivity index (χ1n) is 9.43. The van der Waals surface area contributed by atoms with Gasteiger partial charge in [0.15, 0.2) is 5.78 Å². The third kappa shape index (κ3) is 5.75. The van der Waals surface area contributed by atoms with Crippen molar-refractivity contribution in [1.29, 1.82) is 0 Å². The van der Waals surface area contributed by atoms with Gasteiger partial charge in [0, 0.05) is 24.8 Å². The highest BCUT2D eigenvalue weighted by atomic mass is 16.1. The van der Waals surface area contributed by atoms with Crippen molar-refractivity contribution >= 4 is 11.6 Å². The second-order valence-corrected chi connectivity index (χ2v) is 6.77. The van der Waals surface area contributed by atoms with E-state index in [9.17, 15) is 9.59 Å². The molecule has 0 unspecified atom stereocenters. The molecule has 0 spiro atoms. The number of benzene rings is 3. The topological polar surface area (TPSA) is 34.1 Å². The minimum atomic E-state index is 0.102. The lowest BCUT2D eigenvalue weighted by Gasteiger charge is -2.09. The minimum absolute atomic E-state index is 0.102. The van der Waals surface area contributed by atoms with Crippen LogP contribution in [0.4, 0.5) is 0 Å². The fraction of sp³-hybridized carbons (Fsp3) is 0.200. The molecule has 3 rings (SSSR count). The van der Waals surface area contributed by atoms with Crippen molar-refractivity contribution in [1.82, 2.24) is 0 Å². The van der Waals surface area contributed by atoms with Gasteiger partial charge >= 0.3 is 0 Å². The lowest BCUT2D eigenvalue weighted by Crippen LogP contribution is -2.10. The number of carbonyl (C=O) groups is 2. The fourth-order valence-electron chi connectivity index (χ4n) is 3.21. The highest BCUT2D eigenvalue weighted by Gasteiger charge is 2.14. The Morgan fingerprint density at radius 2 is 1.11 bits per heavy atom. The van der Waals surface area contributed by atoms with E-state index in [1.165, 1.54) is 0 Å². The number of rotatable bonds is 9. The van der Waals surface area contributed by atoms with Crippen LogP contribution in [0.25, 0.3) is 0 Å². The Balaban J connectivity index is 1.59. The summed E-state index contributed by atoms with van der Waals surface area (Å²) in [5.41, 5.74) is 3.84. The third-order valence-corrected chi connectivity index (χ3v) is 4.72. The van der Waals surface area contributed by atoms with Gasteiger partial charge in [-0.3, -0.25) is 9.59 Å². The summed E-state index contributed by atoms with van der Waals surface area (Å²) >= 11 is 0. The van der Waals surface area contributed by atoms with E-state index in [-0.39, 0.29) is 11.6 Å². The molecule has 27 heavy (non-hydrogen) atoms. The summed E-state index contributed by atoms with van der Waals surface area (Å²) < 4.78 is 0. The maximum Gasteiger partial charge on any atom is 0.163 e. The first-order valence-corrected chi connectivity index (χ1v) is 9.43. The quantitative estimate of drug-likeness (QED) is 0.491. The van der Waals surface area contributed by atoms with E-state index in [1.54, 1.807) is 0 Å². The standard InChI is InChI=1S/C25H24O2/c26-23(17-15-20-9-3-1-4-10-20)19-22-13-7-8-14-24(22)25(27)18-16-21-11-5-2-6-12-21/h1-14H,15-19H2. The Labute approximate surface area is 160 Å². The smallest absolute Gasteiger partial charge is 0.163 e. The molecule has 0 atom stereocenters. The zero-order valence-electron chi connectivity index (χ0n) is 15.4. The minimum Gasteiger partial charge on any atom is -0.299 e. The van der Waals surface area contributed by atoms with E-state index in [1.807, 2.05) is 84.9 Å². The summed E-state index contributed by atoms with van der Waals surface area (Å²) in [5, 5.41) is 0. The van der Waals surface area contributed by atoms with Crippen LogP contribution in [0, 0.1) is 0 Å². The average Bonchev–Trinajstić information content (AvgIpc) is 2.72. The van der Waals surface area contributed by atoms with Gasteiger partial charge in [-0.2, -0.15) is 0 Å². The molecule has 0 aromatic heterocycles. The van der Waals surface area contributed by atoms with Crippen molar-refractivity contribution in [3.8, 4) is 0 Å². The maximum atomic E-state index is 12.7. The zero-order valence-corrected chi connectivity index (χ0v) is 15.4. The van der Waals surface area contributed by atoms with Crippen molar-refractivity contribution in [2.45, 2.75) is 32.1 Å². The van der Waals surface area contributed by atoms with Gasteiger partial charge in [-0.15, -0.1) is 0 Å². The van der Waals surface area contributed by atoms with Crippen LogP contribution in [0.5, 0.6) is 0 Å². The molecule has 0 bridgehead atoms. The second kappa shape index (κ2) is 9.63. The van der Waals surface area contributed by atoms with Gasteiger partial charge in [-0.25, -0.2) is 0 Å². The molecule has 2 nitrogen and oxygen atoms in total. The van der Waals surface area contributed by atoms with Gasteiger partial charge in [-0.05, 0) is 29.5 Å². The molecule has 0 saturated heterocycles. The van der Waals surface area contributed by atoms with E-state index < -0.39 is 0 Å². The van der Waals surface area contributed by atoms with Crippen molar-refractivity contribution in [2.24, 2.45) is 0 Å². The predicted octanol–water partition coefficient (Wildman–Crippen LogP) is 5.25. The third-order valence-electron chi connectivity index (χ3n) is 4.72. The molecule has 3 aromatic rings. The molecule has 0 saturated carbocycles. The molecular formula is C25H24O2. The van der Waals surface area contributed by atoms with Crippen molar-refractivity contribution in [3.05, 3.63) is 107 Å². The first kappa shape index (κ1) is 18.8. The Morgan fingerprint density at radius 3 is 1.74 bits per heavy atom. The summed E-state index contributed by atoms with van der Waals surface area (Å²) in [6.07, 6.45) is 2.73. The van der Waals surface area contributed by atoms with Gasteiger partial charge in [0.2, 0.25) is 0 Å². The number of ketones is 2. The van der Waals surface area contributed by atoms with Crippen LogP contribution in [0.3, 0.4) is 0 Å². The van der Waals surface area contributed by atoms with E-state index in [2.05, 4.69) is 0 Å². The number of aryl methyl sites for hydroxylation is 2. The summed E-state index contributed by atoms with van der Waals surface area (Å²) in [6, 6.07) is 27.5. The molecule has 0 aliphatic heterocycles. The molecule has 3 aromatic carbocycles. The largest absolute Gasteiger partial charge is 0.299 e. The molecule has 0 N–H and O–H groups in total. The number of hydrogen-bond donors (Lipinski definition) is 0. The van der Waals surface area contributed by atoms with Crippen LogP contribution in [-0.4, -0.2) is 11.6 Å². The molecule has 2 heteroatoms. The van der Waals surface area contributed by atoms with Gasteiger partial charge in [0.25, 0.3) is 0 Å². The summed E-state index contributed by atoms with van der Waals surface area (Å²) in [4.78, 5) is 25.1. The lowest BCUT2D eigenvalue weighted by molar-refractivity contribution is -0.118. The summed E-state index contributed by atoms with van der Waals surface area (Å²) in [7, 11) is 0. The van der Waals surface area contributed by atoms with Crippen LogP contribution < -0.4 is 0 Å². The Hall–Kier alpha value is -3.00. The highest BCUT2D eigenvalue weighted by molar-refractivity contribution is 5.98. The second-order valence-electron chi connectivity index (χ2n) is 6.77. The number of hydrogen-bond acceptors (Lipinski definition) is 2. The Kier molecular flexibility index (Phi) is 6.70. The molecule has 0 amide bonds.